The first kappa shape index (κ1) is 21.7. The normalized spacial score (nSPS) is 16.4. The molecule has 172 valence electrons. The zero-order valence-corrected chi connectivity index (χ0v) is 19.9. The molecule has 1 amide bonds. The number of benzene rings is 1. The number of methoxy groups -OCH3 is 1. The summed E-state index contributed by atoms with van der Waals surface area (Å²) in [6, 6.07) is 7.61. The fraction of sp³-hybridized carbons (Fsp3) is 0.400. The fourth-order valence-electron chi connectivity index (χ4n) is 4.70. The summed E-state index contributed by atoms with van der Waals surface area (Å²) in [5, 5.41) is 0.817. The zero-order valence-electron chi connectivity index (χ0n) is 19.0. The summed E-state index contributed by atoms with van der Waals surface area (Å²) < 4.78 is 6.92. The number of anilines is 1. The van der Waals surface area contributed by atoms with Gasteiger partial charge in [-0.2, -0.15) is 0 Å². The lowest BCUT2D eigenvalue weighted by Gasteiger charge is -2.35. The highest BCUT2D eigenvalue weighted by Crippen LogP contribution is 2.34. The minimum Gasteiger partial charge on any atom is -0.497 e. The molecule has 1 aromatic carbocycles. The van der Waals surface area contributed by atoms with Crippen LogP contribution in [0.1, 0.15) is 28.8 Å². The molecule has 3 aromatic rings. The topological polar surface area (TPSA) is 67.7 Å². The van der Waals surface area contributed by atoms with Gasteiger partial charge in [-0.1, -0.05) is 12.1 Å². The molecule has 3 heterocycles. The number of amides is 1. The minimum atomic E-state index is -0.0132. The molecule has 0 saturated carbocycles. The molecule has 8 heteroatoms. The van der Waals surface area contributed by atoms with Crippen LogP contribution in [0.15, 0.2) is 35.1 Å². The van der Waals surface area contributed by atoms with Crippen molar-refractivity contribution in [1.82, 2.24) is 14.5 Å². The van der Waals surface area contributed by atoms with Crippen LogP contribution in [0.2, 0.25) is 0 Å². The molecule has 1 saturated heterocycles. The molecule has 7 nitrogen and oxygen atoms in total. The Morgan fingerprint density at radius 3 is 2.73 bits per heavy atom. The smallest absolute Gasteiger partial charge is 0.263 e. The summed E-state index contributed by atoms with van der Waals surface area (Å²) in [6.45, 7) is 2.48. The number of nitrogens with zero attached hydrogens (tertiary/aromatic N) is 4. The van der Waals surface area contributed by atoms with E-state index in [1.54, 1.807) is 29.1 Å². The largest absolute Gasteiger partial charge is 0.497 e. The van der Waals surface area contributed by atoms with Crippen LogP contribution in [0.4, 0.5) is 5.95 Å². The van der Waals surface area contributed by atoms with Crippen LogP contribution in [0.5, 0.6) is 5.75 Å². The Bertz CT molecular complexity index is 1280. The minimum absolute atomic E-state index is 0.0132. The highest BCUT2D eigenvalue weighted by atomic mass is 32.1. The van der Waals surface area contributed by atoms with Crippen LogP contribution in [0, 0.1) is 0 Å². The first-order chi connectivity index (χ1) is 16.0. The van der Waals surface area contributed by atoms with E-state index in [1.165, 1.54) is 16.9 Å². The number of aryl methyl sites for hydroxylation is 2. The maximum atomic E-state index is 13.2. The average Bonchev–Trinajstić information content (AvgIpc) is 3.23. The summed E-state index contributed by atoms with van der Waals surface area (Å²) >= 11 is 1.68. The van der Waals surface area contributed by atoms with Gasteiger partial charge in [0.2, 0.25) is 11.9 Å². The number of carbonyl (C=O) groups excluding carboxylic acids is 1. The number of ether oxygens (including phenoxy) is 1. The molecule has 0 unspecified atom stereocenters. The van der Waals surface area contributed by atoms with Gasteiger partial charge in [0.15, 0.2) is 0 Å². The maximum absolute atomic E-state index is 13.2. The van der Waals surface area contributed by atoms with Gasteiger partial charge in [0.1, 0.15) is 10.6 Å². The van der Waals surface area contributed by atoms with E-state index in [4.69, 9.17) is 9.72 Å². The molecule has 0 bridgehead atoms. The molecule has 1 fully saturated rings. The molecular weight excluding hydrogens is 436 g/mol. The van der Waals surface area contributed by atoms with Gasteiger partial charge < -0.3 is 14.5 Å². The van der Waals surface area contributed by atoms with E-state index < -0.39 is 0 Å². The second-order valence-electron chi connectivity index (χ2n) is 8.59. The van der Waals surface area contributed by atoms with Gasteiger partial charge in [-0.25, -0.2) is 4.98 Å². The number of hydrogen-bond acceptors (Lipinski definition) is 6. The first-order valence-electron chi connectivity index (χ1n) is 11.4. The lowest BCUT2D eigenvalue weighted by Crippen LogP contribution is -2.49. The van der Waals surface area contributed by atoms with Crippen molar-refractivity contribution in [1.29, 1.82) is 0 Å². The molecule has 2 aliphatic rings. The number of carbonyl (C=O) groups is 1. The number of fused-ring (bicyclic) bond motifs is 3. The molecule has 2 aromatic heterocycles. The predicted molar refractivity (Wildman–Crippen MR) is 132 cm³/mol. The Morgan fingerprint density at radius 2 is 1.94 bits per heavy atom. The quantitative estimate of drug-likeness (QED) is 0.555. The summed E-state index contributed by atoms with van der Waals surface area (Å²) in [4.78, 5) is 36.9. The van der Waals surface area contributed by atoms with Gasteiger partial charge in [-0.3, -0.25) is 14.2 Å². The van der Waals surface area contributed by atoms with Crippen molar-refractivity contribution in [3.63, 3.8) is 0 Å². The van der Waals surface area contributed by atoms with Gasteiger partial charge in [0.05, 0.1) is 12.5 Å². The summed E-state index contributed by atoms with van der Waals surface area (Å²) in [5.74, 6) is 1.45. The second kappa shape index (κ2) is 9.02. The van der Waals surface area contributed by atoms with E-state index >= 15 is 0 Å². The predicted octanol–water partition coefficient (Wildman–Crippen LogP) is 3.24. The van der Waals surface area contributed by atoms with Crippen LogP contribution in [-0.2, 0) is 24.7 Å². The maximum Gasteiger partial charge on any atom is 0.263 e. The van der Waals surface area contributed by atoms with Crippen LogP contribution < -0.4 is 15.2 Å². The Labute approximate surface area is 196 Å². The molecular formula is C25H28N4O3S. The molecule has 5 rings (SSSR count). The van der Waals surface area contributed by atoms with Crippen molar-refractivity contribution >= 4 is 39.5 Å². The number of rotatable bonds is 4. The van der Waals surface area contributed by atoms with E-state index in [0.717, 1.165) is 40.8 Å². The van der Waals surface area contributed by atoms with Gasteiger partial charge in [-0.15, -0.1) is 11.3 Å². The standard InChI is InChI=1S/C25H28N4O3S/c1-27-24(31)22-19-8-3-4-9-20(19)33-23(22)26-25(27)29-14-12-28(13-15-29)21(30)11-10-17-6-5-7-18(16-17)32-2/h5-7,10-11,16H,3-4,8-9,12-15H2,1-2H3/b11-10+. The zero-order chi connectivity index (χ0) is 22.9. The fourth-order valence-corrected chi connectivity index (χ4v) is 5.95. The van der Waals surface area contributed by atoms with Crippen molar-refractivity contribution in [3.05, 3.63) is 56.7 Å². The molecule has 1 aliphatic heterocycles. The molecule has 0 N–H and O–H groups in total. The van der Waals surface area contributed by atoms with E-state index in [0.29, 0.717) is 32.1 Å². The first-order valence-corrected chi connectivity index (χ1v) is 12.2. The second-order valence-corrected chi connectivity index (χ2v) is 9.67. The Morgan fingerprint density at radius 1 is 1.15 bits per heavy atom. The Balaban J connectivity index is 1.30. The van der Waals surface area contributed by atoms with E-state index in [1.807, 2.05) is 42.3 Å². The lowest BCUT2D eigenvalue weighted by molar-refractivity contribution is -0.126. The van der Waals surface area contributed by atoms with Crippen molar-refractivity contribution in [2.75, 3.05) is 38.2 Å². The van der Waals surface area contributed by atoms with Gasteiger partial charge >= 0.3 is 0 Å². The number of hydrogen-bond donors (Lipinski definition) is 0. The molecule has 0 atom stereocenters. The molecule has 33 heavy (non-hydrogen) atoms. The third kappa shape index (κ3) is 4.15. The van der Waals surface area contributed by atoms with Crippen LogP contribution in [-0.4, -0.2) is 53.6 Å². The van der Waals surface area contributed by atoms with Gasteiger partial charge in [0.25, 0.3) is 5.56 Å². The van der Waals surface area contributed by atoms with Crippen molar-refractivity contribution in [2.45, 2.75) is 25.7 Å². The van der Waals surface area contributed by atoms with E-state index in [9.17, 15) is 9.59 Å². The van der Waals surface area contributed by atoms with Crippen molar-refractivity contribution in [2.24, 2.45) is 7.05 Å². The van der Waals surface area contributed by atoms with Crippen LogP contribution in [0.3, 0.4) is 0 Å². The summed E-state index contributed by atoms with van der Waals surface area (Å²) in [6.07, 6.45) is 7.80. The monoisotopic (exact) mass is 464 g/mol. The van der Waals surface area contributed by atoms with Crippen molar-refractivity contribution < 1.29 is 9.53 Å². The van der Waals surface area contributed by atoms with Crippen LogP contribution in [0.25, 0.3) is 16.3 Å². The average molecular weight is 465 g/mol. The third-order valence-corrected chi connectivity index (χ3v) is 7.74. The highest BCUT2D eigenvalue weighted by Gasteiger charge is 2.26. The van der Waals surface area contributed by atoms with Gasteiger partial charge in [-0.05, 0) is 55.0 Å². The SMILES string of the molecule is COc1cccc(/C=C/C(=O)N2CCN(c3nc4sc5c(c4c(=O)n3C)CCCC5)CC2)c1. The van der Waals surface area contributed by atoms with Gasteiger partial charge in [0, 0.05) is 44.2 Å². The molecule has 1 aliphatic carbocycles. The van der Waals surface area contributed by atoms with Crippen molar-refractivity contribution in [3.8, 4) is 5.75 Å². The van der Waals surface area contributed by atoms with E-state index in [2.05, 4.69) is 4.90 Å². The Hall–Kier alpha value is -3.13. The number of thiophene rings is 1. The highest BCUT2D eigenvalue weighted by molar-refractivity contribution is 7.18. The number of aromatic nitrogens is 2. The van der Waals surface area contributed by atoms with Crippen LogP contribution >= 0.6 is 11.3 Å². The molecule has 0 radical (unpaired) electrons. The summed E-state index contributed by atoms with van der Waals surface area (Å²) in [5.41, 5.74) is 2.20. The third-order valence-electron chi connectivity index (χ3n) is 6.56. The molecule has 0 spiro atoms. The Kier molecular flexibility index (Phi) is 5.93. The lowest BCUT2D eigenvalue weighted by atomic mass is 9.97. The van der Waals surface area contributed by atoms with E-state index in [-0.39, 0.29) is 11.5 Å². The summed E-state index contributed by atoms with van der Waals surface area (Å²) in [7, 11) is 3.44. The number of piperazine rings is 1.